The Morgan fingerprint density at radius 3 is 2.73 bits per heavy atom. The molecule has 1 aliphatic heterocycles. The van der Waals surface area contributed by atoms with Gasteiger partial charge in [0.1, 0.15) is 5.69 Å². The molecule has 0 saturated carbocycles. The van der Waals surface area contributed by atoms with Crippen LogP contribution in [0.1, 0.15) is 16.1 Å². The highest BCUT2D eigenvalue weighted by Crippen LogP contribution is 2.39. The summed E-state index contributed by atoms with van der Waals surface area (Å²) in [6, 6.07) is 14.9. The smallest absolute Gasteiger partial charge is 0.314 e. The lowest BCUT2D eigenvalue weighted by Gasteiger charge is -2.25. The van der Waals surface area contributed by atoms with Crippen LogP contribution < -0.4 is 4.90 Å². The molecule has 1 saturated heterocycles. The summed E-state index contributed by atoms with van der Waals surface area (Å²) in [6.45, 7) is 3.10. The SMILES string of the molecule is O=C(N=Nc1c(O)n(Cc2ccccc2Cl)c2ccccc12)c1csc(N2CCOCC2)n1. The highest BCUT2D eigenvalue weighted by molar-refractivity contribution is 7.13. The minimum absolute atomic E-state index is 0.0834. The zero-order valence-corrected chi connectivity index (χ0v) is 19.1. The molecule has 33 heavy (non-hydrogen) atoms. The lowest BCUT2D eigenvalue weighted by molar-refractivity contribution is 0.0991. The van der Waals surface area contributed by atoms with Gasteiger partial charge in [-0.25, -0.2) is 4.98 Å². The standard InChI is InChI=1S/C23H20ClN5O3S/c24-17-7-3-1-5-15(17)13-29-19-8-4-2-6-16(19)20(22(29)31)26-27-21(30)18-14-33-23(25-18)28-9-11-32-12-10-28/h1-8,14,31H,9-13H2. The van der Waals surface area contributed by atoms with Crippen molar-refractivity contribution in [3.05, 3.63) is 70.2 Å². The fourth-order valence-corrected chi connectivity index (χ4v) is 4.79. The van der Waals surface area contributed by atoms with E-state index in [-0.39, 0.29) is 17.3 Å². The Balaban J connectivity index is 1.43. The van der Waals surface area contributed by atoms with Crippen LogP contribution in [0.4, 0.5) is 10.8 Å². The van der Waals surface area contributed by atoms with Crippen LogP contribution in [0.3, 0.4) is 0 Å². The summed E-state index contributed by atoms with van der Waals surface area (Å²) in [5, 5.41) is 22.6. The maximum atomic E-state index is 12.6. The van der Waals surface area contributed by atoms with E-state index in [9.17, 15) is 9.90 Å². The summed E-state index contributed by atoms with van der Waals surface area (Å²) in [7, 11) is 0. The first kappa shape index (κ1) is 21.6. The number of para-hydroxylation sites is 1. The van der Waals surface area contributed by atoms with E-state index < -0.39 is 5.91 Å². The number of thiazole rings is 1. The van der Waals surface area contributed by atoms with Gasteiger partial charge in [0.05, 0.1) is 25.3 Å². The highest BCUT2D eigenvalue weighted by atomic mass is 35.5. The predicted octanol–water partition coefficient (Wildman–Crippen LogP) is 5.27. The first-order valence-electron chi connectivity index (χ1n) is 10.4. The van der Waals surface area contributed by atoms with Crippen LogP contribution in [0.25, 0.3) is 10.9 Å². The number of carbonyl (C=O) groups is 1. The fourth-order valence-electron chi connectivity index (χ4n) is 3.74. The van der Waals surface area contributed by atoms with E-state index in [0.717, 1.165) is 29.3 Å². The van der Waals surface area contributed by atoms with E-state index in [4.69, 9.17) is 16.3 Å². The molecule has 0 bridgehead atoms. The Kier molecular flexibility index (Phi) is 6.08. The molecule has 4 aromatic rings. The van der Waals surface area contributed by atoms with Crippen molar-refractivity contribution in [1.82, 2.24) is 9.55 Å². The number of hydrogen-bond donors (Lipinski definition) is 1. The minimum atomic E-state index is -0.562. The van der Waals surface area contributed by atoms with Gasteiger partial charge in [0.2, 0.25) is 5.88 Å². The van der Waals surface area contributed by atoms with Gasteiger partial charge in [0.25, 0.3) is 0 Å². The number of hydrogen-bond acceptors (Lipinski definition) is 7. The van der Waals surface area contributed by atoms with Crippen molar-refractivity contribution in [3.63, 3.8) is 0 Å². The van der Waals surface area contributed by atoms with Gasteiger partial charge in [-0.05, 0) is 17.7 Å². The number of azo groups is 1. The van der Waals surface area contributed by atoms with Crippen molar-refractivity contribution in [3.8, 4) is 5.88 Å². The second-order valence-corrected chi connectivity index (χ2v) is 8.73. The number of aromatic nitrogens is 2. The molecule has 5 rings (SSSR count). The number of amides is 1. The van der Waals surface area contributed by atoms with Crippen molar-refractivity contribution in [2.75, 3.05) is 31.2 Å². The first-order chi connectivity index (χ1) is 16.1. The molecule has 1 aliphatic rings. The summed E-state index contributed by atoms with van der Waals surface area (Å²) in [6.07, 6.45) is 0. The molecule has 10 heteroatoms. The third kappa shape index (κ3) is 4.35. The Morgan fingerprint density at radius 2 is 1.91 bits per heavy atom. The van der Waals surface area contributed by atoms with Crippen molar-refractivity contribution in [2.45, 2.75) is 6.54 Å². The van der Waals surface area contributed by atoms with Crippen molar-refractivity contribution < 1.29 is 14.6 Å². The second-order valence-electron chi connectivity index (χ2n) is 7.49. The number of halogens is 1. The molecule has 168 valence electrons. The van der Waals surface area contributed by atoms with Crippen LogP contribution in [-0.4, -0.2) is 46.9 Å². The van der Waals surface area contributed by atoms with E-state index in [1.165, 1.54) is 11.3 Å². The van der Waals surface area contributed by atoms with E-state index in [2.05, 4.69) is 20.1 Å². The Hall–Kier alpha value is -3.27. The van der Waals surface area contributed by atoms with Crippen LogP contribution >= 0.6 is 22.9 Å². The van der Waals surface area contributed by atoms with Crippen LogP contribution in [0.15, 0.2) is 64.1 Å². The van der Waals surface area contributed by atoms with Gasteiger partial charge < -0.3 is 19.3 Å². The predicted molar refractivity (Wildman–Crippen MR) is 128 cm³/mol. The van der Waals surface area contributed by atoms with Crippen LogP contribution in [0, 0.1) is 0 Å². The molecular weight excluding hydrogens is 462 g/mol. The average molecular weight is 482 g/mol. The second kappa shape index (κ2) is 9.30. The summed E-state index contributed by atoms with van der Waals surface area (Å²) in [5.41, 5.74) is 2.08. The van der Waals surface area contributed by atoms with E-state index in [1.54, 1.807) is 16.0 Å². The number of benzene rings is 2. The van der Waals surface area contributed by atoms with Gasteiger partial charge in [-0.15, -0.1) is 21.6 Å². The molecular formula is C23H20ClN5O3S. The Labute approximate surface area is 198 Å². The third-order valence-corrected chi connectivity index (χ3v) is 6.71. The van der Waals surface area contributed by atoms with Crippen molar-refractivity contribution in [2.24, 2.45) is 10.2 Å². The number of nitrogens with zero attached hydrogens (tertiary/aromatic N) is 5. The quantitative estimate of drug-likeness (QED) is 0.392. The van der Waals surface area contributed by atoms with Crippen LogP contribution in [0.2, 0.25) is 5.02 Å². The Bertz CT molecular complexity index is 1340. The number of morpholine rings is 1. The summed E-state index contributed by atoms with van der Waals surface area (Å²) in [4.78, 5) is 19.1. The molecule has 0 aliphatic carbocycles. The van der Waals surface area contributed by atoms with Gasteiger partial charge in [-0.2, -0.15) is 0 Å². The van der Waals surface area contributed by atoms with Crippen LogP contribution in [-0.2, 0) is 11.3 Å². The maximum absolute atomic E-state index is 12.6. The molecule has 0 unspecified atom stereocenters. The lowest BCUT2D eigenvalue weighted by Crippen LogP contribution is -2.36. The molecule has 1 amide bonds. The van der Waals surface area contributed by atoms with Crippen LogP contribution in [0.5, 0.6) is 5.88 Å². The summed E-state index contributed by atoms with van der Waals surface area (Å²) in [5.74, 6) is -0.645. The number of ether oxygens (including phenoxy) is 1. The normalized spacial score (nSPS) is 14.4. The molecule has 0 radical (unpaired) electrons. The van der Waals surface area contributed by atoms with Gasteiger partial charge in [0, 0.05) is 28.9 Å². The molecule has 1 N–H and O–H groups in total. The highest BCUT2D eigenvalue weighted by Gasteiger charge is 2.20. The zero-order valence-electron chi connectivity index (χ0n) is 17.5. The summed E-state index contributed by atoms with van der Waals surface area (Å²) < 4.78 is 7.06. The van der Waals surface area contributed by atoms with Gasteiger partial charge >= 0.3 is 5.91 Å². The number of carbonyl (C=O) groups excluding carboxylic acids is 1. The third-order valence-electron chi connectivity index (χ3n) is 5.44. The first-order valence-corrected chi connectivity index (χ1v) is 11.7. The number of fused-ring (bicyclic) bond motifs is 1. The fraction of sp³-hybridized carbons (Fsp3) is 0.217. The van der Waals surface area contributed by atoms with Crippen molar-refractivity contribution in [1.29, 1.82) is 0 Å². The zero-order chi connectivity index (χ0) is 22.8. The lowest BCUT2D eigenvalue weighted by atomic mass is 10.2. The van der Waals surface area contributed by atoms with Crippen molar-refractivity contribution >= 4 is 50.6 Å². The summed E-state index contributed by atoms with van der Waals surface area (Å²) >= 11 is 7.70. The van der Waals surface area contributed by atoms with E-state index in [0.29, 0.717) is 30.2 Å². The van der Waals surface area contributed by atoms with Gasteiger partial charge in [-0.3, -0.25) is 4.79 Å². The number of rotatable bonds is 5. The maximum Gasteiger partial charge on any atom is 0.314 e. The van der Waals surface area contributed by atoms with Gasteiger partial charge in [0.15, 0.2) is 10.8 Å². The molecule has 3 heterocycles. The number of aromatic hydroxyl groups is 1. The molecule has 2 aromatic heterocycles. The topological polar surface area (TPSA) is 92.3 Å². The molecule has 0 atom stereocenters. The van der Waals surface area contributed by atoms with E-state index >= 15 is 0 Å². The van der Waals surface area contributed by atoms with Gasteiger partial charge in [-0.1, -0.05) is 48.0 Å². The molecule has 2 aromatic carbocycles. The Morgan fingerprint density at radius 1 is 1.15 bits per heavy atom. The van der Waals surface area contributed by atoms with E-state index in [1.807, 2.05) is 42.5 Å². The average Bonchev–Trinajstić information content (AvgIpc) is 3.44. The largest absolute Gasteiger partial charge is 0.493 e. The molecule has 1 fully saturated rings. The monoisotopic (exact) mass is 481 g/mol. The number of anilines is 1. The molecule has 0 spiro atoms. The minimum Gasteiger partial charge on any atom is -0.493 e. The molecule has 8 nitrogen and oxygen atoms in total.